The summed E-state index contributed by atoms with van der Waals surface area (Å²) in [6.45, 7) is 0. The van der Waals surface area contributed by atoms with Crippen LogP contribution < -0.4 is 0 Å². The van der Waals surface area contributed by atoms with Gasteiger partial charge < -0.3 is 0 Å². The van der Waals surface area contributed by atoms with Gasteiger partial charge in [0.1, 0.15) is 9.75 Å². The van der Waals surface area contributed by atoms with Gasteiger partial charge in [-0.3, -0.25) is 0 Å². The zero-order valence-electron chi connectivity index (χ0n) is 8.54. The molecule has 8 heteroatoms. The molecule has 2 fully saturated rings. The molecule has 0 aromatic heterocycles. The minimum absolute atomic E-state index is 0.184. The van der Waals surface area contributed by atoms with Gasteiger partial charge in [0, 0.05) is 5.92 Å². The highest BCUT2D eigenvalue weighted by atomic mass is 35.5. The highest BCUT2D eigenvalue weighted by Crippen LogP contribution is 2.79. The average Bonchev–Trinajstić information content (AvgIpc) is 2.69. The average molecular weight is 410 g/mol. The molecule has 0 N–H and O–H groups in total. The second-order valence-corrected chi connectivity index (χ2v) is 9.29. The van der Waals surface area contributed by atoms with E-state index in [1.54, 1.807) is 0 Å². The number of hydrogen-bond donors (Lipinski definition) is 0. The van der Waals surface area contributed by atoms with Gasteiger partial charge in [0.05, 0.1) is 20.8 Å². The van der Waals surface area contributed by atoms with Crippen LogP contribution in [0.5, 0.6) is 0 Å². The SMILES string of the molecule is ClC1=C(Cl)[C@]2(Cl)[C@@H]3[C@H](Cl)[C@@H](Cl)C[C@H]3[C@@]1(Cl)C2(Cl)Cl. The van der Waals surface area contributed by atoms with Crippen molar-refractivity contribution >= 4 is 92.8 Å². The molecule has 0 aromatic rings. The summed E-state index contributed by atoms with van der Waals surface area (Å²) < 4.78 is -1.50. The maximum Gasteiger partial charge on any atom is 0.166 e. The van der Waals surface area contributed by atoms with Crippen LogP contribution in [-0.4, -0.2) is 24.8 Å². The van der Waals surface area contributed by atoms with E-state index in [2.05, 4.69) is 0 Å². The molecular weight excluding hydrogens is 404 g/mol. The second-order valence-electron chi connectivity index (χ2n) is 4.95. The Kier molecular flexibility index (Phi) is 3.39. The number of fused-ring (bicyclic) bond motifs is 5. The van der Waals surface area contributed by atoms with Crippen molar-refractivity contribution in [3.05, 3.63) is 10.1 Å². The van der Waals surface area contributed by atoms with Crippen LogP contribution >= 0.6 is 92.8 Å². The first-order valence-electron chi connectivity index (χ1n) is 5.21. The number of alkyl halides is 6. The van der Waals surface area contributed by atoms with Crippen molar-refractivity contribution in [2.24, 2.45) is 11.8 Å². The Bertz CT molecular complexity index is 459. The zero-order chi connectivity index (χ0) is 13.7. The summed E-state index contributed by atoms with van der Waals surface area (Å²) in [6, 6.07) is 0. The van der Waals surface area contributed by atoms with Gasteiger partial charge in [0.2, 0.25) is 0 Å². The van der Waals surface area contributed by atoms with Gasteiger partial charge in [0.15, 0.2) is 4.33 Å². The topological polar surface area (TPSA) is 0 Å². The lowest BCUT2D eigenvalue weighted by molar-refractivity contribution is 0.385. The molecule has 3 aliphatic carbocycles. The number of halogens is 8. The predicted molar refractivity (Wildman–Crippen MR) is 81.2 cm³/mol. The first-order valence-corrected chi connectivity index (χ1v) is 8.35. The van der Waals surface area contributed by atoms with Gasteiger partial charge in [-0.25, -0.2) is 0 Å². The molecule has 0 saturated heterocycles. The maximum atomic E-state index is 6.62. The van der Waals surface area contributed by atoms with E-state index in [0.29, 0.717) is 6.42 Å². The largest absolute Gasteiger partial charge is 0.166 e. The lowest BCUT2D eigenvalue weighted by Gasteiger charge is -2.35. The molecule has 2 saturated carbocycles. The molecule has 0 amide bonds. The highest BCUT2D eigenvalue weighted by Gasteiger charge is 2.84. The van der Waals surface area contributed by atoms with E-state index in [-0.39, 0.29) is 27.3 Å². The Morgan fingerprint density at radius 2 is 1.39 bits per heavy atom. The quantitative estimate of drug-likeness (QED) is 0.451. The van der Waals surface area contributed by atoms with Crippen LogP contribution in [0.15, 0.2) is 10.1 Å². The molecule has 0 aromatic carbocycles. The summed E-state index contributed by atoms with van der Waals surface area (Å²) in [5, 5.41) is -0.259. The van der Waals surface area contributed by atoms with E-state index in [4.69, 9.17) is 92.8 Å². The Labute approximate surface area is 145 Å². The van der Waals surface area contributed by atoms with Gasteiger partial charge in [-0.2, -0.15) is 0 Å². The standard InChI is InChI=1S/C10H6Cl8/c11-3-1-2-4(5(3)12)9(16)7(14)6(13)8(2,15)10(9,17)18/h2-5H,1H2/t2-,3+,4+,5-,8+,9-/m1/s1. The third kappa shape index (κ3) is 1.28. The minimum Gasteiger partial charge on any atom is -0.121 e. The molecule has 3 aliphatic rings. The molecule has 102 valence electrons. The van der Waals surface area contributed by atoms with Crippen LogP contribution in [0, 0.1) is 11.8 Å². The lowest BCUT2D eigenvalue weighted by atomic mass is 9.84. The maximum absolute atomic E-state index is 6.62. The molecule has 0 unspecified atom stereocenters. The zero-order valence-corrected chi connectivity index (χ0v) is 14.6. The van der Waals surface area contributed by atoms with E-state index in [0.717, 1.165) is 0 Å². The van der Waals surface area contributed by atoms with Gasteiger partial charge in [-0.15, -0.1) is 46.4 Å². The van der Waals surface area contributed by atoms with Crippen molar-refractivity contribution in [3.63, 3.8) is 0 Å². The predicted octanol–water partition coefficient (Wildman–Crippen LogP) is 5.68. The second kappa shape index (κ2) is 4.07. The molecule has 0 radical (unpaired) electrons. The van der Waals surface area contributed by atoms with E-state index in [1.165, 1.54) is 0 Å². The first kappa shape index (κ1) is 15.0. The minimum atomic E-state index is -1.50. The van der Waals surface area contributed by atoms with Crippen molar-refractivity contribution in [1.82, 2.24) is 0 Å². The first-order chi connectivity index (χ1) is 8.11. The van der Waals surface area contributed by atoms with Gasteiger partial charge >= 0.3 is 0 Å². The number of allylic oxidation sites excluding steroid dienone is 2. The fourth-order valence-electron chi connectivity index (χ4n) is 3.48. The Morgan fingerprint density at radius 1 is 0.889 bits per heavy atom. The monoisotopic (exact) mass is 406 g/mol. The van der Waals surface area contributed by atoms with Crippen LogP contribution in [-0.2, 0) is 0 Å². The molecule has 0 heterocycles. The van der Waals surface area contributed by atoms with Crippen molar-refractivity contribution in [3.8, 4) is 0 Å². The summed E-state index contributed by atoms with van der Waals surface area (Å²) in [5.74, 6) is -0.488. The van der Waals surface area contributed by atoms with Crippen LogP contribution in [0.1, 0.15) is 6.42 Å². The van der Waals surface area contributed by atoms with Gasteiger partial charge in [-0.1, -0.05) is 46.4 Å². The summed E-state index contributed by atoms with van der Waals surface area (Å²) in [6.07, 6.45) is 0.555. The molecule has 0 aliphatic heterocycles. The molecular formula is C10H6Cl8. The van der Waals surface area contributed by atoms with Crippen LogP contribution in [0.2, 0.25) is 0 Å². The van der Waals surface area contributed by atoms with E-state index in [9.17, 15) is 0 Å². The van der Waals surface area contributed by atoms with E-state index >= 15 is 0 Å². The number of rotatable bonds is 0. The summed E-state index contributed by atoms with van der Waals surface area (Å²) in [4.78, 5) is -2.50. The molecule has 18 heavy (non-hydrogen) atoms. The fraction of sp³-hybridized carbons (Fsp3) is 0.800. The Hall–Kier alpha value is 2.06. The van der Waals surface area contributed by atoms with Gasteiger partial charge in [0.25, 0.3) is 0 Å². The van der Waals surface area contributed by atoms with E-state index < -0.39 is 19.5 Å². The summed E-state index contributed by atoms with van der Waals surface area (Å²) in [7, 11) is 0. The smallest absolute Gasteiger partial charge is 0.121 e. The van der Waals surface area contributed by atoms with Crippen LogP contribution in [0.3, 0.4) is 0 Å². The lowest BCUT2D eigenvalue weighted by Crippen LogP contribution is -2.47. The molecule has 6 atom stereocenters. The van der Waals surface area contributed by atoms with Crippen LogP contribution in [0.25, 0.3) is 0 Å². The fourth-order valence-corrected chi connectivity index (χ4v) is 7.46. The van der Waals surface area contributed by atoms with Crippen LogP contribution in [0.4, 0.5) is 0 Å². The van der Waals surface area contributed by atoms with Crippen molar-refractivity contribution < 1.29 is 0 Å². The Morgan fingerprint density at radius 3 is 1.94 bits per heavy atom. The normalized spacial score (nSPS) is 57.3. The summed E-state index contributed by atoms with van der Waals surface area (Å²) in [5.41, 5.74) is 0. The Balaban J connectivity index is 2.26. The third-order valence-corrected chi connectivity index (χ3v) is 9.79. The van der Waals surface area contributed by atoms with Gasteiger partial charge in [-0.05, 0) is 12.3 Å². The van der Waals surface area contributed by atoms with Crippen molar-refractivity contribution in [2.45, 2.75) is 31.3 Å². The highest BCUT2D eigenvalue weighted by molar-refractivity contribution is 6.66. The summed E-state index contributed by atoms with van der Waals surface area (Å²) >= 11 is 51.0. The van der Waals surface area contributed by atoms with Crippen molar-refractivity contribution in [2.75, 3.05) is 0 Å². The van der Waals surface area contributed by atoms with Crippen molar-refractivity contribution in [1.29, 1.82) is 0 Å². The molecule has 0 spiro atoms. The van der Waals surface area contributed by atoms with E-state index in [1.807, 2.05) is 0 Å². The molecule has 3 rings (SSSR count). The number of hydrogen-bond acceptors (Lipinski definition) is 0. The third-order valence-electron chi connectivity index (χ3n) is 4.32. The molecule has 2 bridgehead atoms. The molecule has 0 nitrogen and oxygen atoms in total.